The van der Waals surface area contributed by atoms with E-state index in [0.29, 0.717) is 0 Å². The number of benzene rings is 6. The van der Waals surface area contributed by atoms with E-state index >= 15 is 0 Å². The van der Waals surface area contributed by atoms with Gasteiger partial charge in [-0.15, -0.1) is 0 Å². The molecule has 59 heavy (non-hydrogen) atoms. The molecular weight excluding hydrogens is 711 g/mol. The van der Waals surface area contributed by atoms with Gasteiger partial charge in [0.1, 0.15) is 0 Å². The van der Waals surface area contributed by atoms with E-state index in [1.54, 1.807) is 5.57 Å². The quantitative estimate of drug-likeness (QED) is 0.163. The summed E-state index contributed by atoms with van der Waals surface area (Å²) in [6, 6.07) is 54.9. The molecule has 0 saturated heterocycles. The Bertz CT molecular complexity index is 2690. The van der Waals surface area contributed by atoms with Crippen LogP contribution in [0.2, 0.25) is 0 Å². The standard InChI is InChI=1S/C58H55N/c1-38-18-32-48-50-37-55-51(36-53(50)57(6,7)52(48)34-38)49-33-19-39(2)35-54(49)58(55,44-28-26-42(27-29-44)56(3,4)5)43-24-20-40(21-25-43)41-22-30-47(31-23-41)59(45-14-10-8-11-15-45)46-16-12-9-13-17-46/h8-17,20-31,34-37H,18-19,32-33H2,1-7H3. The van der Waals surface area contributed by atoms with Gasteiger partial charge in [-0.3, -0.25) is 0 Å². The van der Waals surface area contributed by atoms with Crippen molar-refractivity contribution < 1.29 is 0 Å². The summed E-state index contributed by atoms with van der Waals surface area (Å²) >= 11 is 0. The van der Waals surface area contributed by atoms with Crippen molar-refractivity contribution in [2.75, 3.05) is 4.90 Å². The number of para-hydroxylation sites is 2. The molecule has 10 rings (SSSR count). The van der Waals surface area contributed by atoms with Crippen LogP contribution in [-0.2, 0) is 16.2 Å². The van der Waals surface area contributed by atoms with Crippen LogP contribution in [0.5, 0.6) is 0 Å². The van der Waals surface area contributed by atoms with E-state index in [1.165, 1.54) is 77.9 Å². The minimum Gasteiger partial charge on any atom is -0.311 e. The zero-order valence-corrected chi connectivity index (χ0v) is 35.8. The van der Waals surface area contributed by atoms with Gasteiger partial charge in [0.05, 0.1) is 5.41 Å². The first-order chi connectivity index (χ1) is 28.4. The molecule has 0 aromatic heterocycles. The predicted octanol–water partition coefficient (Wildman–Crippen LogP) is 15.7. The molecule has 0 bridgehead atoms. The summed E-state index contributed by atoms with van der Waals surface area (Å²) in [7, 11) is 0. The third-order valence-corrected chi connectivity index (χ3v) is 13.9. The molecule has 0 fully saturated rings. The fraction of sp³-hybridized carbons (Fsp3) is 0.241. The van der Waals surface area contributed by atoms with Gasteiger partial charge in [0.15, 0.2) is 0 Å². The molecule has 1 unspecified atom stereocenters. The molecule has 0 aliphatic heterocycles. The van der Waals surface area contributed by atoms with Crippen LogP contribution in [0, 0.1) is 0 Å². The maximum atomic E-state index is 2.65. The topological polar surface area (TPSA) is 3.24 Å². The molecular formula is C58H55N. The van der Waals surface area contributed by atoms with E-state index < -0.39 is 5.41 Å². The molecule has 0 radical (unpaired) electrons. The molecule has 0 amide bonds. The first-order valence-corrected chi connectivity index (χ1v) is 21.7. The molecule has 0 spiro atoms. The van der Waals surface area contributed by atoms with E-state index in [9.17, 15) is 0 Å². The molecule has 1 nitrogen and oxygen atoms in total. The Hall–Kier alpha value is -5.92. The molecule has 0 N–H and O–H groups in total. The van der Waals surface area contributed by atoms with Crippen LogP contribution in [0.25, 0.3) is 22.3 Å². The predicted molar refractivity (Wildman–Crippen MR) is 251 cm³/mol. The number of nitrogens with zero attached hydrogens (tertiary/aromatic N) is 1. The third-order valence-electron chi connectivity index (χ3n) is 13.9. The smallest absolute Gasteiger partial charge is 0.0710 e. The van der Waals surface area contributed by atoms with Crippen LogP contribution < -0.4 is 4.90 Å². The second kappa shape index (κ2) is 13.8. The molecule has 6 aromatic carbocycles. The van der Waals surface area contributed by atoms with Gasteiger partial charge in [-0.05, 0) is 166 Å². The molecule has 4 aliphatic carbocycles. The van der Waals surface area contributed by atoms with Gasteiger partial charge >= 0.3 is 0 Å². The van der Waals surface area contributed by atoms with Crippen LogP contribution in [0.1, 0.15) is 113 Å². The highest BCUT2D eigenvalue weighted by atomic mass is 15.1. The Labute approximate surface area is 352 Å². The highest BCUT2D eigenvalue weighted by molar-refractivity contribution is 5.93. The van der Waals surface area contributed by atoms with Crippen molar-refractivity contribution in [1.82, 2.24) is 0 Å². The first kappa shape index (κ1) is 37.4. The summed E-state index contributed by atoms with van der Waals surface area (Å²) in [6.07, 6.45) is 9.50. The minimum absolute atomic E-state index is 0.0153. The van der Waals surface area contributed by atoms with Crippen molar-refractivity contribution >= 4 is 28.2 Å². The maximum absolute atomic E-state index is 2.65. The Balaban J connectivity index is 1.13. The second-order valence-electron chi connectivity index (χ2n) is 19.0. The minimum atomic E-state index is -0.431. The Kier molecular flexibility index (Phi) is 8.76. The number of hydrogen-bond donors (Lipinski definition) is 0. The van der Waals surface area contributed by atoms with Gasteiger partial charge in [0, 0.05) is 22.5 Å². The summed E-state index contributed by atoms with van der Waals surface area (Å²) in [5.41, 5.74) is 24.5. The van der Waals surface area contributed by atoms with Crippen LogP contribution in [0.3, 0.4) is 0 Å². The zero-order valence-electron chi connectivity index (χ0n) is 35.8. The highest BCUT2D eigenvalue weighted by Gasteiger charge is 2.50. The highest BCUT2D eigenvalue weighted by Crippen LogP contribution is 2.61. The molecule has 0 saturated carbocycles. The summed E-state index contributed by atoms with van der Waals surface area (Å²) in [4.78, 5) is 2.33. The first-order valence-electron chi connectivity index (χ1n) is 21.7. The summed E-state index contributed by atoms with van der Waals surface area (Å²) in [6.45, 7) is 16.5. The number of allylic oxidation sites excluding steroid dienone is 8. The van der Waals surface area contributed by atoms with Crippen LogP contribution >= 0.6 is 0 Å². The number of rotatable bonds is 6. The monoisotopic (exact) mass is 765 g/mol. The average Bonchev–Trinajstić information content (AvgIpc) is 3.65. The maximum Gasteiger partial charge on any atom is 0.0710 e. The Morgan fingerprint density at radius 3 is 1.46 bits per heavy atom. The fourth-order valence-electron chi connectivity index (χ4n) is 10.7. The third kappa shape index (κ3) is 5.96. The van der Waals surface area contributed by atoms with Crippen molar-refractivity contribution in [1.29, 1.82) is 0 Å². The zero-order chi connectivity index (χ0) is 40.7. The summed E-state index contributed by atoms with van der Waals surface area (Å²) in [5, 5.41) is 0. The van der Waals surface area contributed by atoms with Gasteiger partial charge in [-0.25, -0.2) is 0 Å². The lowest BCUT2D eigenvalue weighted by molar-refractivity contribution is 0.589. The number of hydrogen-bond acceptors (Lipinski definition) is 1. The van der Waals surface area contributed by atoms with Crippen molar-refractivity contribution in [2.45, 2.75) is 90.4 Å². The van der Waals surface area contributed by atoms with E-state index in [-0.39, 0.29) is 10.8 Å². The Morgan fingerprint density at radius 1 is 0.475 bits per heavy atom. The van der Waals surface area contributed by atoms with Gasteiger partial charge in [0.25, 0.3) is 0 Å². The lowest BCUT2D eigenvalue weighted by atomic mass is 9.65. The van der Waals surface area contributed by atoms with Gasteiger partial charge in [0.2, 0.25) is 0 Å². The van der Waals surface area contributed by atoms with Crippen LogP contribution in [0.4, 0.5) is 17.1 Å². The van der Waals surface area contributed by atoms with Crippen molar-refractivity contribution in [3.63, 3.8) is 0 Å². The van der Waals surface area contributed by atoms with Gasteiger partial charge in [-0.1, -0.05) is 155 Å². The van der Waals surface area contributed by atoms with Crippen LogP contribution in [-0.4, -0.2) is 0 Å². The van der Waals surface area contributed by atoms with E-state index in [4.69, 9.17) is 0 Å². The van der Waals surface area contributed by atoms with Gasteiger partial charge in [-0.2, -0.15) is 0 Å². The molecule has 1 atom stereocenters. The van der Waals surface area contributed by atoms with Crippen molar-refractivity contribution in [2.24, 2.45) is 0 Å². The summed E-state index contributed by atoms with van der Waals surface area (Å²) in [5.74, 6) is 0. The molecule has 6 aromatic rings. The average molecular weight is 766 g/mol. The molecule has 4 aliphatic rings. The fourth-order valence-corrected chi connectivity index (χ4v) is 10.7. The Morgan fingerprint density at radius 2 is 0.915 bits per heavy atom. The van der Waals surface area contributed by atoms with E-state index in [0.717, 1.165) is 42.7 Å². The second-order valence-corrected chi connectivity index (χ2v) is 19.0. The molecule has 1 heteroatoms. The van der Waals surface area contributed by atoms with Crippen molar-refractivity contribution in [3.05, 3.63) is 219 Å². The normalized spacial score (nSPS) is 19.1. The summed E-state index contributed by atoms with van der Waals surface area (Å²) < 4.78 is 0. The van der Waals surface area contributed by atoms with Crippen molar-refractivity contribution in [3.8, 4) is 11.1 Å². The van der Waals surface area contributed by atoms with E-state index in [2.05, 4.69) is 211 Å². The van der Waals surface area contributed by atoms with Crippen LogP contribution in [0.15, 0.2) is 180 Å². The molecule has 0 heterocycles. The van der Waals surface area contributed by atoms with E-state index in [1.807, 2.05) is 0 Å². The SMILES string of the molecule is CC1=CC2=C(CC1)c1cc3c(cc1C2(C)C)C1=C(C=C(C)CC1)C3(c1ccc(-c2ccc(N(c3ccccc3)c3ccccc3)cc2)cc1)c1ccc(C(C)(C)C)cc1. The molecule has 292 valence electrons. The number of fused-ring (bicyclic) bond motifs is 4. The lowest BCUT2D eigenvalue weighted by Gasteiger charge is -2.37. The van der Waals surface area contributed by atoms with Gasteiger partial charge < -0.3 is 4.90 Å². The lowest BCUT2D eigenvalue weighted by Crippen LogP contribution is -2.30. The largest absolute Gasteiger partial charge is 0.311 e. The number of anilines is 3.